The van der Waals surface area contributed by atoms with E-state index < -0.39 is 5.95 Å². The molecule has 100 valence electrons. The van der Waals surface area contributed by atoms with Gasteiger partial charge in [0.2, 0.25) is 5.95 Å². The molecule has 1 aromatic heterocycles. The fourth-order valence-corrected chi connectivity index (χ4v) is 2.37. The molecule has 2 aromatic carbocycles. The molecule has 0 N–H and O–H groups in total. The monoisotopic (exact) mass is 267 g/mol. The zero-order valence-electron chi connectivity index (χ0n) is 11.1. The van der Waals surface area contributed by atoms with Gasteiger partial charge in [-0.3, -0.25) is 0 Å². The van der Waals surface area contributed by atoms with Gasteiger partial charge in [-0.1, -0.05) is 36.4 Å². The highest BCUT2D eigenvalue weighted by Crippen LogP contribution is 2.30. The lowest BCUT2D eigenvalue weighted by atomic mass is 10.1. The summed E-state index contributed by atoms with van der Waals surface area (Å²) in [6.45, 7) is 2.71. The molecule has 0 aliphatic rings. The topological polar surface area (TPSA) is 29.0 Å². The Morgan fingerprint density at radius 1 is 1.05 bits per heavy atom. The number of benzene rings is 2. The third kappa shape index (κ3) is 2.20. The van der Waals surface area contributed by atoms with Crippen molar-refractivity contribution >= 4 is 22.3 Å². The molecule has 0 radical (unpaired) electrons. The van der Waals surface area contributed by atoms with Crippen LogP contribution < -0.4 is 4.90 Å². The summed E-state index contributed by atoms with van der Waals surface area (Å²) >= 11 is 0. The zero-order chi connectivity index (χ0) is 13.9. The maximum atomic E-state index is 13.3. The molecule has 4 heteroatoms. The number of aromatic nitrogens is 2. The van der Waals surface area contributed by atoms with Crippen LogP contribution in [0.3, 0.4) is 0 Å². The summed E-state index contributed by atoms with van der Waals surface area (Å²) in [4.78, 5) is 9.66. The lowest BCUT2D eigenvalue weighted by Crippen LogP contribution is -2.18. The van der Waals surface area contributed by atoms with Gasteiger partial charge < -0.3 is 4.90 Å². The van der Waals surface area contributed by atoms with Crippen LogP contribution in [0.1, 0.15) is 6.92 Å². The van der Waals surface area contributed by atoms with E-state index in [1.807, 2.05) is 36.1 Å². The van der Waals surface area contributed by atoms with Crippen LogP contribution in [0.15, 0.2) is 54.9 Å². The lowest BCUT2D eigenvalue weighted by Gasteiger charge is -2.23. The molecular formula is C16H14FN3. The minimum absolute atomic E-state index is 0.520. The molecule has 0 atom stereocenters. The molecule has 0 saturated heterocycles. The minimum atomic E-state index is -0.520. The number of anilines is 2. The molecule has 20 heavy (non-hydrogen) atoms. The van der Waals surface area contributed by atoms with E-state index in [1.165, 1.54) is 12.4 Å². The van der Waals surface area contributed by atoms with Crippen LogP contribution >= 0.6 is 0 Å². The first-order chi connectivity index (χ1) is 9.79. The SMILES string of the molecule is CCN(c1cc(F)ncn1)c1cccc2ccccc12. The van der Waals surface area contributed by atoms with Crippen LogP contribution in [0.5, 0.6) is 0 Å². The second-order valence-electron chi connectivity index (χ2n) is 4.44. The van der Waals surface area contributed by atoms with Gasteiger partial charge in [-0.05, 0) is 18.4 Å². The first-order valence-corrected chi connectivity index (χ1v) is 6.52. The predicted molar refractivity (Wildman–Crippen MR) is 78.6 cm³/mol. The van der Waals surface area contributed by atoms with Crippen molar-refractivity contribution in [3.05, 3.63) is 60.8 Å². The maximum absolute atomic E-state index is 13.3. The highest BCUT2D eigenvalue weighted by atomic mass is 19.1. The van der Waals surface area contributed by atoms with Gasteiger partial charge in [0.25, 0.3) is 0 Å². The lowest BCUT2D eigenvalue weighted by molar-refractivity contribution is 0.579. The quantitative estimate of drug-likeness (QED) is 0.673. The van der Waals surface area contributed by atoms with Gasteiger partial charge in [-0.2, -0.15) is 4.39 Å². The molecule has 1 heterocycles. The Hall–Kier alpha value is -2.49. The van der Waals surface area contributed by atoms with E-state index in [1.54, 1.807) is 0 Å². The first kappa shape index (κ1) is 12.5. The molecule has 3 rings (SSSR count). The van der Waals surface area contributed by atoms with Crippen LogP contribution in [-0.2, 0) is 0 Å². The first-order valence-electron chi connectivity index (χ1n) is 6.52. The summed E-state index contributed by atoms with van der Waals surface area (Å²) in [7, 11) is 0. The third-order valence-corrected chi connectivity index (χ3v) is 3.27. The summed E-state index contributed by atoms with van der Waals surface area (Å²) < 4.78 is 13.3. The zero-order valence-corrected chi connectivity index (χ0v) is 11.1. The number of hydrogen-bond acceptors (Lipinski definition) is 3. The van der Waals surface area contributed by atoms with Gasteiger partial charge in [0, 0.05) is 18.0 Å². The van der Waals surface area contributed by atoms with Crippen LogP contribution in [0.25, 0.3) is 10.8 Å². The number of halogens is 1. The molecule has 0 aliphatic carbocycles. The van der Waals surface area contributed by atoms with E-state index in [4.69, 9.17) is 0 Å². The smallest absolute Gasteiger partial charge is 0.218 e. The second-order valence-corrected chi connectivity index (χ2v) is 4.44. The van der Waals surface area contributed by atoms with E-state index in [2.05, 4.69) is 28.2 Å². The van der Waals surface area contributed by atoms with Crippen LogP contribution in [0, 0.1) is 5.95 Å². The summed E-state index contributed by atoms with van der Waals surface area (Å²) in [5.41, 5.74) is 1.02. The van der Waals surface area contributed by atoms with Gasteiger partial charge in [-0.15, -0.1) is 0 Å². The van der Waals surface area contributed by atoms with Crippen molar-refractivity contribution in [2.24, 2.45) is 0 Å². The van der Waals surface area contributed by atoms with E-state index in [9.17, 15) is 4.39 Å². The largest absolute Gasteiger partial charge is 0.326 e. The van der Waals surface area contributed by atoms with Crippen molar-refractivity contribution in [3.8, 4) is 0 Å². The Kier molecular flexibility index (Phi) is 3.29. The predicted octanol–water partition coefficient (Wildman–Crippen LogP) is 3.93. The fourth-order valence-electron chi connectivity index (χ4n) is 2.37. The van der Waals surface area contributed by atoms with E-state index >= 15 is 0 Å². The second kappa shape index (κ2) is 5.25. The molecule has 0 aliphatic heterocycles. The Balaban J connectivity index is 2.17. The van der Waals surface area contributed by atoms with Crippen LogP contribution in [0.4, 0.5) is 15.9 Å². The van der Waals surface area contributed by atoms with Crippen LogP contribution in [0.2, 0.25) is 0 Å². The third-order valence-electron chi connectivity index (χ3n) is 3.27. The van der Waals surface area contributed by atoms with Crippen molar-refractivity contribution in [1.29, 1.82) is 0 Å². The Bertz CT molecular complexity index is 737. The molecule has 0 amide bonds. The standard InChI is InChI=1S/C16H14FN3/c1-2-20(16-10-15(17)18-11-19-16)14-9-5-7-12-6-3-4-8-13(12)14/h3-11H,2H2,1H3. The normalized spacial score (nSPS) is 10.7. The van der Waals surface area contributed by atoms with Gasteiger partial charge in [-0.25, -0.2) is 9.97 Å². The van der Waals surface area contributed by atoms with Gasteiger partial charge in [0.1, 0.15) is 12.1 Å². The number of fused-ring (bicyclic) bond motifs is 1. The Morgan fingerprint density at radius 2 is 1.85 bits per heavy atom. The van der Waals surface area contributed by atoms with Crippen LogP contribution in [-0.4, -0.2) is 16.5 Å². The maximum Gasteiger partial charge on any atom is 0.218 e. The van der Waals surface area contributed by atoms with Crippen molar-refractivity contribution in [2.45, 2.75) is 6.92 Å². The van der Waals surface area contributed by atoms with E-state index in [-0.39, 0.29) is 0 Å². The minimum Gasteiger partial charge on any atom is -0.326 e. The van der Waals surface area contributed by atoms with E-state index in [0.29, 0.717) is 12.4 Å². The summed E-state index contributed by atoms with van der Waals surface area (Å²) in [5.74, 6) is 0.0463. The molecule has 0 spiro atoms. The molecule has 3 aromatic rings. The number of nitrogens with zero attached hydrogens (tertiary/aromatic N) is 3. The number of rotatable bonds is 3. The molecular weight excluding hydrogens is 253 g/mol. The van der Waals surface area contributed by atoms with Gasteiger partial charge >= 0.3 is 0 Å². The average molecular weight is 267 g/mol. The van der Waals surface area contributed by atoms with Crippen molar-refractivity contribution in [1.82, 2.24) is 9.97 Å². The number of hydrogen-bond donors (Lipinski definition) is 0. The summed E-state index contributed by atoms with van der Waals surface area (Å²) in [6.07, 6.45) is 1.25. The van der Waals surface area contributed by atoms with Crippen molar-refractivity contribution in [2.75, 3.05) is 11.4 Å². The molecule has 0 saturated carbocycles. The van der Waals surface area contributed by atoms with Crippen molar-refractivity contribution in [3.63, 3.8) is 0 Å². The van der Waals surface area contributed by atoms with Gasteiger partial charge in [0.15, 0.2) is 0 Å². The Morgan fingerprint density at radius 3 is 2.65 bits per heavy atom. The molecule has 0 unspecified atom stereocenters. The summed E-state index contributed by atoms with van der Waals surface area (Å²) in [5, 5.41) is 2.27. The summed E-state index contributed by atoms with van der Waals surface area (Å²) in [6, 6.07) is 15.6. The fraction of sp³-hybridized carbons (Fsp3) is 0.125. The van der Waals surface area contributed by atoms with Crippen molar-refractivity contribution < 1.29 is 4.39 Å². The molecule has 0 bridgehead atoms. The van der Waals surface area contributed by atoms with E-state index in [0.717, 1.165) is 16.5 Å². The highest BCUT2D eigenvalue weighted by molar-refractivity contribution is 5.95. The molecule has 0 fully saturated rings. The Labute approximate surface area is 116 Å². The van der Waals surface area contributed by atoms with Gasteiger partial charge in [0.05, 0.1) is 5.69 Å². The average Bonchev–Trinajstić information content (AvgIpc) is 2.48. The highest BCUT2D eigenvalue weighted by Gasteiger charge is 2.12. The molecule has 3 nitrogen and oxygen atoms in total.